The minimum Gasteiger partial charge on any atom is -0.336 e. The van der Waals surface area contributed by atoms with Crippen LogP contribution < -0.4 is 11.5 Å². The second kappa shape index (κ2) is 18.1. The zero-order chi connectivity index (χ0) is 20.4. The Kier molecular flexibility index (Phi) is 18.5. The fourth-order valence-electron chi connectivity index (χ4n) is 2.06. The first-order valence-electron chi connectivity index (χ1n) is 9.25. The van der Waals surface area contributed by atoms with E-state index in [2.05, 4.69) is 25.0 Å². The molecule has 152 valence electrons. The van der Waals surface area contributed by atoms with Crippen LogP contribution in [0.3, 0.4) is 0 Å². The van der Waals surface area contributed by atoms with Crippen molar-refractivity contribution >= 4 is 11.8 Å². The summed E-state index contributed by atoms with van der Waals surface area (Å²) >= 11 is 0. The van der Waals surface area contributed by atoms with Gasteiger partial charge < -0.3 is 26.2 Å². The SMILES string of the molecule is C=CC(=O)N1CCN(C(=O)C=C)CC1.CCCCCN.CN(C)CCN. The molecule has 0 atom stereocenters. The van der Waals surface area contributed by atoms with Gasteiger partial charge in [0.2, 0.25) is 11.8 Å². The second-order valence-electron chi connectivity index (χ2n) is 6.15. The number of nitrogens with two attached hydrogens (primary N) is 2. The van der Waals surface area contributed by atoms with Gasteiger partial charge in [-0.1, -0.05) is 32.9 Å². The summed E-state index contributed by atoms with van der Waals surface area (Å²) in [5, 5.41) is 0. The van der Waals surface area contributed by atoms with E-state index in [0.29, 0.717) is 26.2 Å². The maximum Gasteiger partial charge on any atom is 0.246 e. The molecule has 26 heavy (non-hydrogen) atoms. The second-order valence-corrected chi connectivity index (χ2v) is 6.15. The van der Waals surface area contributed by atoms with Crippen molar-refractivity contribution in [1.29, 1.82) is 0 Å². The van der Waals surface area contributed by atoms with Crippen LogP contribution in [0.4, 0.5) is 0 Å². The van der Waals surface area contributed by atoms with Crippen molar-refractivity contribution in [1.82, 2.24) is 14.7 Å². The molecule has 0 aliphatic carbocycles. The molecule has 7 nitrogen and oxygen atoms in total. The first kappa shape index (κ1) is 26.5. The Labute approximate surface area is 159 Å². The van der Waals surface area contributed by atoms with Crippen LogP contribution in [0, 0.1) is 0 Å². The fourth-order valence-corrected chi connectivity index (χ4v) is 2.06. The number of carbonyl (C=O) groups excluding carboxylic acids is 2. The lowest BCUT2D eigenvalue weighted by atomic mass is 10.3. The Morgan fingerprint density at radius 3 is 1.50 bits per heavy atom. The van der Waals surface area contributed by atoms with E-state index < -0.39 is 0 Å². The Morgan fingerprint density at radius 2 is 1.35 bits per heavy atom. The van der Waals surface area contributed by atoms with Crippen LogP contribution in [0.2, 0.25) is 0 Å². The topological polar surface area (TPSA) is 95.9 Å². The average Bonchev–Trinajstić information content (AvgIpc) is 2.66. The van der Waals surface area contributed by atoms with Crippen molar-refractivity contribution in [2.45, 2.75) is 26.2 Å². The van der Waals surface area contributed by atoms with Crippen LogP contribution in [0.1, 0.15) is 26.2 Å². The molecule has 0 aromatic rings. The maximum absolute atomic E-state index is 11.2. The molecule has 2 amide bonds. The van der Waals surface area contributed by atoms with Crippen LogP contribution in [0.15, 0.2) is 25.3 Å². The highest BCUT2D eigenvalue weighted by Crippen LogP contribution is 2.03. The molecule has 0 bridgehead atoms. The van der Waals surface area contributed by atoms with Crippen LogP contribution >= 0.6 is 0 Å². The zero-order valence-electron chi connectivity index (χ0n) is 17.0. The van der Waals surface area contributed by atoms with E-state index in [-0.39, 0.29) is 11.8 Å². The van der Waals surface area contributed by atoms with Crippen molar-refractivity contribution in [3.8, 4) is 0 Å². The van der Waals surface area contributed by atoms with Gasteiger partial charge in [0.05, 0.1) is 0 Å². The van der Waals surface area contributed by atoms with E-state index in [1.807, 2.05) is 14.1 Å². The Hall–Kier alpha value is -1.70. The van der Waals surface area contributed by atoms with Gasteiger partial charge in [0, 0.05) is 39.3 Å². The normalized spacial score (nSPS) is 13.2. The van der Waals surface area contributed by atoms with Crippen molar-refractivity contribution in [2.24, 2.45) is 11.5 Å². The third-order valence-electron chi connectivity index (χ3n) is 3.64. The van der Waals surface area contributed by atoms with Gasteiger partial charge in [-0.3, -0.25) is 9.59 Å². The van der Waals surface area contributed by atoms with Crippen molar-refractivity contribution in [3.05, 3.63) is 25.3 Å². The van der Waals surface area contributed by atoms with Crippen molar-refractivity contribution in [2.75, 3.05) is 59.9 Å². The van der Waals surface area contributed by atoms with Crippen LogP contribution in [0.25, 0.3) is 0 Å². The van der Waals surface area contributed by atoms with Gasteiger partial charge in [-0.2, -0.15) is 0 Å². The number of piperazine rings is 1. The quantitative estimate of drug-likeness (QED) is 0.508. The summed E-state index contributed by atoms with van der Waals surface area (Å²) < 4.78 is 0. The number of nitrogens with zero attached hydrogens (tertiary/aromatic N) is 3. The minimum atomic E-state index is -0.0734. The molecule has 1 heterocycles. The largest absolute Gasteiger partial charge is 0.336 e. The number of carbonyl (C=O) groups is 2. The molecule has 7 heteroatoms. The Bertz CT molecular complexity index is 359. The number of amides is 2. The first-order chi connectivity index (χ1) is 12.4. The third kappa shape index (κ3) is 14.6. The number of unbranched alkanes of at least 4 members (excludes halogenated alkanes) is 2. The fraction of sp³-hybridized carbons (Fsp3) is 0.684. The number of hydrogen-bond acceptors (Lipinski definition) is 5. The lowest BCUT2D eigenvalue weighted by molar-refractivity contribution is -0.134. The zero-order valence-corrected chi connectivity index (χ0v) is 17.0. The van der Waals surface area contributed by atoms with Gasteiger partial charge in [-0.05, 0) is 39.2 Å². The molecule has 1 saturated heterocycles. The van der Waals surface area contributed by atoms with Crippen LogP contribution in [0.5, 0.6) is 0 Å². The van der Waals surface area contributed by atoms with E-state index in [0.717, 1.165) is 19.6 Å². The van der Waals surface area contributed by atoms with Gasteiger partial charge in [0.25, 0.3) is 0 Å². The summed E-state index contributed by atoms with van der Waals surface area (Å²) in [6.07, 6.45) is 6.35. The molecule has 1 aliphatic heterocycles. The summed E-state index contributed by atoms with van der Waals surface area (Å²) in [6, 6.07) is 0. The molecule has 1 fully saturated rings. The Morgan fingerprint density at radius 1 is 0.923 bits per heavy atom. The molecule has 0 spiro atoms. The van der Waals surface area contributed by atoms with E-state index in [9.17, 15) is 9.59 Å². The highest BCUT2D eigenvalue weighted by Gasteiger charge is 2.20. The molecule has 0 aromatic carbocycles. The van der Waals surface area contributed by atoms with E-state index in [4.69, 9.17) is 11.5 Å². The maximum atomic E-state index is 11.2. The summed E-state index contributed by atoms with van der Waals surface area (Å²) in [4.78, 5) is 27.8. The van der Waals surface area contributed by atoms with Gasteiger partial charge in [-0.25, -0.2) is 0 Å². The van der Waals surface area contributed by atoms with Gasteiger partial charge in [0.15, 0.2) is 0 Å². The van der Waals surface area contributed by atoms with Crippen molar-refractivity contribution in [3.63, 3.8) is 0 Å². The molecule has 1 rings (SSSR count). The summed E-state index contributed by atoms with van der Waals surface area (Å²) in [6.45, 7) is 13.9. The molecular weight excluding hydrogens is 330 g/mol. The number of likely N-dealkylation sites (N-methyl/N-ethyl adjacent to an activating group) is 1. The first-order valence-corrected chi connectivity index (χ1v) is 9.25. The van der Waals surface area contributed by atoms with Gasteiger partial charge >= 0.3 is 0 Å². The van der Waals surface area contributed by atoms with Crippen LogP contribution in [-0.2, 0) is 9.59 Å². The summed E-state index contributed by atoms with van der Waals surface area (Å²) in [5.41, 5.74) is 10.4. The molecule has 0 radical (unpaired) electrons. The molecule has 0 aromatic heterocycles. The van der Waals surface area contributed by atoms with Crippen molar-refractivity contribution < 1.29 is 9.59 Å². The van der Waals surface area contributed by atoms with Gasteiger partial charge in [-0.15, -0.1) is 0 Å². The lowest BCUT2D eigenvalue weighted by Crippen LogP contribution is -2.49. The number of rotatable bonds is 7. The number of hydrogen-bond donors (Lipinski definition) is 2. The molecule has 1 aliphatic rings. The highest BCUT2D eigenvalue weighted by molar-refractivity contribution is 5.88. The van der Waals surface area contributed by atoms with Gasteiger partial charge in [0.1, 0.15) is 0 Å². The molecule has 0 saturated carbocycles. The predicted molar refractivity (Wildman–Crippen MR) is 110 cm³/mol. The average molecular weight is 370 g/mol. The molecule has 0 unspecified atom stereocenters. The standard InChI is InChI=1S/C10H14N2O2.C5H13N.C4H12N2/c1-3-9(13)11-5-7-12(8-6-11)10(14)4-2;1-2-3-4-5-6;1-6(2)4-3-5/h3-4H,1-2,5-8H2;2-6H2,1H3;3-5H2,1-2H3. The Balaban J connectivity index is 0. The molecule has 4 N–H and O–H groups in total. The molecular formula is C19H39N5O2. The highest BCUT2D eigenvalue weighted by atomic mass is 16.2. The lowest BCUT2D eigenvalue weighted by Gasteiger charge is -2.33. The van der Waals surface area contributed by atoms with E-state index in [1.165, 1.54) is 31.4 Å². The predicted octanol–water partition coefficient (Wildman–Crippen LogP) is 0.671. The minimum absolute atomic E-state index is 0.0734. The van der Waals surface area contributed by atoms with Crippen LogP contribution in [-0.4, -0.2) is 86.4 Å². The summed E-state index contributed by atoms with van der Waals surface area (Å²) in [7, 11) is 4.01. The third-order valence-corrected chi connectivity index (χ3v) is 3.64. The van der Waals surface area contributed by atoms with E-state index in [1.54, 1.807) is 9.80 Å². The monoisotopic (exact) mass is 369 g/mol. The van der Waals surface area contributed by atoms with E-state index >= 15 is 0 Å². The smallest absolute Gasteiger partial charge is 0.246 e. The summed E-state index contributed by atoms with van der Waals surface area (Å²) in [5.74, 6) is -0.147.